The van der Waals surface area contributed by atoms with Crippen molar-refractivity contribution in [2.75, 3.05) is 79.2 Å². The number of ether oxygens (including phenoxy) is 6. The van der Waals surface area contributed by atoms with E-state index in [-0.39, 0.29) is 6.10 Å². The van der Waals surface area contributed by atoms with Crippen LogP contribution in [0.25, 0.3) is 10.4 Å². The molecule has 0 heterocycles. The van der Waals surface area contributed by atoms with Crippen LogP contribution in [0.5, 0.6) is 0 Å². The van der Waals surface area contributed by atoms with Gasteiger partial charge in [0.05, 0.1) is 78.8 Å². The van der Waals surface area contributed by atoms with Gasteiger partial charge in [-0.1, -0.05) is 5.11 Å². The van der Waals surface area contributed by atoms with Crippen molar-refractivity contribution in [2.24, 2.45) is 5.11 Å². The SMILES string of the molecule is CC(C)OCCOCCOCCOCCOCCOCCN=[N+]=[N-]. The van der Waals surface area contributed by atoms with E-state index < -0.39 is 0 Å². The zero-order valence-corrected chi connectivity index (χ0v) is 14.9. The minimum atomic E-state index is 0.239. The first kappa shape index (κ1) is 23.1. The molecule has 0 aliphatic heterocycles. The average Bonchev–Trinajstić information content (AvgIpc) is 2.56. The topological polar surface area (TPSA) is 104 Å². The fourth-order valence-electron chi connectivity index (χ4n) is 1.47. The second-order valence-electron chi connectivity index (χ2n) is 4.94. The Kier molecular flexibility index (Phi) is 19.3. The average molecular weight is 349 g/mol. The molecule has 0 atom stereocenters. The Labute approximate surface area is 144 Å². The summed E-state index contributed by atoms with van der Waals surface area (Å²) in [6, 6.07) is 0. The van der Waals surface area contributed by atoms with Crippen molar-refractivity contribution in [1.82, 2.24) is 0 Å². The molecule has 0 saturated carbocycles. The van der Waals surface area contributed by atoms with Gasteiger partial charge in [-0.15, -0.1) is 0 Å². The van der Waals surface area contributed by atoms with E-state index in [9.17, 15) is 0 Å². The van der Waals surface area contributed by atoms with Gasteiger partial charge in [0.25, 0.3) is 0 Å². The van der Waals surface area contributed by atoms with E-state index in [1.54, 1.807) is 0 Å². The second kappa shape index (κ2) is 20.1. The van der Waals surface area contributed by atoms with Gasteiger partial charge in [-0.05, 0) is 19.4 Å². The molecule has 0 rings (SSSR count). The molecule has 0 aliphatic rings. The summed E-state index contributed by atoms with van der Waals surface area (Å²) in [6.45, 7) is 10.1. The Morgan fingerprint density at radius 2 is 1.04 bits per heavy atom. The molecule has 0 radical (unpaired) electrons. The molecular formula is C15H31N3O6. The monoisotopic (exact) mass is 349 g/mol. The third-order valence-electron chi connectivity index (χ3n) is 2.57. The number of rotatable bonds is 19. The highest BCUT2D eigenvalue weighted by Gasteiger charge is 1.95. The van der Waals surface area contributed by atoms with Crippen LogP contribution >= 0.6 is 0 Å². The van der Waals surface area contributed by atoms with Crippen molar-refractivity contribution in [3.63, 3.8) is 0 Å². The Morgan fingerprint density at radius 3 is 1.42 bits per heavy atom. The van der Waals surface area contributed by atoms with E-state index >= 15 is 0 Å². The summed E-state index contributed by atoms with van der Waals surface area (Å²) in [5.74, 6) is 0. The predicted molar refractivity (Wildman–Crippen MR) is 89.2 cm³/mol. The summed E-state index contributed by atoms with van der Waals surface area (Å²) >= 11 is 0. The van der Waals surface area contributed by atoms with Crippen LogP contribution in [0.4, 0.5) is 0 Å². The van der Waals surface area contributed by atoms with Gasteiger partial charge in [0.15, 0.2) is 0 Å². The van der Waals surface area contributed by atoms with Gasteiger partial charge in [0.1, 0.15) is 0 Å². The molecule has 0 unspecified atom stereocenters. The second-order valence-corrected chi connectivity index (χ2v) is 4.94. The Morgan fingerprint density at radius 1 is 0.667 bits per heavy atom. The summed E-state index contributed by atoms with van der Waals surface area (Å²) in [5, 5.41) is 3.35. The van der Waals surface area contributed by atoms with Crippen LogP contribution in [0.2, 0.25) is 0 Å². The molecule has 0 aromatic rings. The maximum absolute atomic E-state index is 8.06. The maximum atomic E-state index is 8.06. The van der Waals surface area contributed by atoms with Crippen molar-refractivity contribution < 1.29 is 28.4 Å². The highest BCUT2D eigenvalue weighted by molar-refractivity contribution is 4.44. The lowest BCUT2D eigenvalue weighted by molar-refractivity contribution is -0.0210. The van der Waals surface area contributed by atoms with E-state index in [1.807, 2.05) is 13.8 Å². The van der Waals surface area contributed by atoms with E-state index in [0.717, 1.165) is 0 Å². The molecule has 9 heteroatoms. The number of azide groups is 1. The molecular weight excluding hydrogens is 318 g/mol. The number of hydrogen-bond acceptors (Lipinski definition) is 7. The van der Waals surface area contributed by atoms with Gasteiger partial charge in [-0.2, -0.15) is 0 Å². The first-order chi connectivity index (χ1) is 11.8. The lowest BCUT2D eigenvalue weighted by atomic mass is 10.5. The Hall–Kier alpha value is -0.930. The van der Waals surface area contributed by atoms with Crippen LogP contribution in [0.3, 0.4) is 0 Å². The van der Waals surface area contributed by atoms with E-state index in [4.69, 9.17) is 34.0 Å². The van der Waals surface area contributed by atoms with E-state index in [0.29, 0.717) is 79.2 Å². The third kappa shape index (κ3) is 21.1. The first-order valence-corrected chi connectivity index (χ1v) is 8.28. The lowest BCUT2D eigenvalue weighted by Gasteiger charge is -2.09. The summed E-state index contributed by atoms with van der Waals surface area (Å²) < 4.78 is 31.9. The highest BCUT2D eigenvalue weighted by Crippen LogP contribution is 1.88. The molecule has 24 heavy (non-hydrogen) atoms. The fraction of sp³-hybridized carbons (Fsp3) is 1.00. The van der Waals surface area contributed by atoms with Crippen LogP contribution in [0, 0.1) is 0 Å². The van der Waals surface area contributed by atoms with E-state index in [2.05, 4.69) is 10.0 Å². The normalized spacial score (nSPS) is 11.0. The van der Waals surface area contributed by atoms with E-state index in [1.165, 1.54) is 0 Å². The van der Waals surface area contributed by atoms with Crippen molar-refractivity contribution in [3.8, 4) is 0 Å². The molecule has 0 N–H and O–H groups in total. The summed E-state index contributed by atoms with van der Waals surface area (Å²) in [6.07, 6.45) is 0.239. The van der Waals surface area contributed by atoms with Crippen molar-refractivity contribution >= 4 is 0 Å². The van der Waals surface area contributed by atoms with Gasteiger partial charge in [0, 0.05) is 11.5 Å². The van der Waals surface area contributed by atoms with Gasteiger partial charge >= 0.3 is 0 Å². The molecule has 0 fully saturated rings. The lowest BCUT2D eigenvalue weighted by Crippen LogP contribution is -2.14. The Balaban J connectivity index is 2.99. The van der Waals surface area contributed by atoms with Crippen LogP contribution in [-0.4, -0.2) is 85.3 Å². The first-order valence-electron chi connectivity index (χ1n) is 8.28. The van der Waals surface area contributed by atoms with Gasteiger partial charge in [0.2, 0.25) is 0 Å². The van der Waals surface area contributed by atoms with Gasteiger partial charge in [-0.25, -0.2) is 0 Å². The molecule has 0 spiro atoms. The molecule has 0 aromatic heterocycles. The van der Waals surface area contributed by atoms with Crippen LogP contribution < -0.4 is 0 Å². The standard InChI is InChI=1S/C15H31N3O6/c1-15(2)24-14-13-23-12-11-22-10-9-21-8-7-20-6-5-19-4-3-17-18-16/h15H,3-14H2,1-2H3. The van der Waals surface area contributed by atoms with Crippen molar-refractivity contribution in [1.29, 1.82) is 0 Å². The zero-order valence-electron chi connectivity index (χ0n) is 14.9. The number of nitrogens with zero attached hydrogens (tertiary/aromatic N) is 3. The van der Waals surface area contributed by atoms with Crippen molar-refractivity contribution in [3.05, 3.63) is 10.4 Å². The third-order valence-corrected chi connectivity index (χ3v) is 2.57. The minimum Gasteiger partial charge on any atom is -0.379 e. The maximum Gasteiger partial charge on any atom is 0.0703 e. The summed E-state index contributed by atoms with van der Waals surface area (Å²) in [5.41, 5.74) is 8.06. The summed E-state index contributed by atoms with van der Waals surface area (Å²) in [7, 11) is 0. The molecule has 142 valence electrons. The molecule has 9 nitrogen and oxygen atoms in total. The quantitative estimate of drug-likeness (QED) is 0.152. The van der Waals surface area contributed by atoms with Crippen molar-refractivity contribution in [2.45, 2.75) is 20.0 Å². The molecule has 0 bridgehead atoms. The minimum absolute atomic E-state index is 0.239. The zero-order chi connectivity index (χ0) is 17.7. The largest absolute Gasteiger partial charge is 0.379 e. The van der Waals surface area contributed by atoms with Crippen LogP contribution in [-0.2, 0) is 28.4 Å². The van der Waals surface area contributed by atoms with Gasteiger partial charge < -0.3 is 28.4 Å². The smallest absolute Gasteiger partial charge is 0.0703 e. The Bertz CT molecular complexity index is 301. The van der Waals surface area contributed by atoms with Crippen LogP contribution in [0.15, 0.2) is 5.11 Å². The fourth-order valence-corrected chi connectivity index (χ4v) is 1.47. The van der Waals surface area contributed by atoms with Gasteiger partial charge in [-0.3, -0.25) is 0 Å². The summed E-state index contributed by atoms with van der Waals surface area (Å²) in [4.78, 5) is 2.63. The van der Waals surface area contributed by atoms with Crippen LogP contribution in [0.1, 0.15) is 13.8 Å². The molecule has 0 aromatic carbocycles. The number of hydrogen-bond donors (Lipinski definition) is 0. The molecule has 0 saturated heterocycles. The predicted octanol–water partition coefficient (Wildman–Crippen LogP) is 1.80. The molecule has 0 aliphatic carbocycles. The highest BCUT2D eigenvalue weighted by atomic mass is 16.6. The molecule has 0 amide bonds.